The molecular weight excluding hydrogens is 1560 g/mol. The molecule has 0 aliphatic heterocycles. The van der Waals surface area contributed by atoms with E-state index in [1.807, 2.05) is 104 Å². The molecule has 4 aliphatic rings. The number of hydrogen-bond donors (Lipinski definition) is 8. The molecule has 4 amide bonds. The lowest BCUT2D eigenvalue weighted by atomic mass is 9.91. The maximum atomic E-state index is 13.9. The molecule has 7 aromatic heterocycles. The van der Waals surface area contributed by atoms with Gasteiger partial charge in [0.25, 0.3) is 0 Å². The molecule has 3 aromatic carbocycles. The van der Waals surface area contributed by atoms with Crippen LogP contribution < -0.4 is 42.5 Å². The Morgan fingerprint density at radius 3 is 1.25 bits per heavy atom. The number of carbonyl (C=O) groups excluding carboxylic acids is 4. The van der Waals surface area contributed by atoms with Gasteiger partial charge in [0.2, 0.25) is 23.6 Å². The molecule has 4 aliphatic carbocycles. The van der Waals surface area contributed by atoms with Crippen molar-refractivity contribution in [1.82, 2.24) is 87.2 Å². The quantitative estimate of drug-likeness (QED) is 0.0166. The van der Waals surface area contributed by atoms with E-state index in [-0.39, 0.29) is 84.0 Å². The second kappa shape index (κ2) is 51.6. The highest BCUT2D eigenvalue weighted by molar-refractivity contribution is 5.89. The summed E-state index contributed by atoms with van der Waals surface area (Å²) in [5, 5.41) is 32.1. The van der Waals surface area contributed by atoms with Gasteiger partial charge in [0.15, 0.2) is 0 Å². The van der Waals surface area contributed by atoms with Crippen molar-refractivity contribution in [1.29, 1.82) is 0 Å². The summed E-state index contributed by atoms with van der Waals surface area (Å²) >= 11 is 0. The van der Waals surface area contributed by atoms with Crippen molar-refractivity contribution in [3.63, 3.8) is 0 Å². The van der Waals surface area contributed by atoms with E-state index in [9.17, 15) is 19.2 Å². The molecular formula is C105H143N17O4. The minimum atomic E-state index is -0.284. The zero-order valence-corrected chi connectivity index (χ0v) is 76.9. The number of aryl methyl sites for hydroxylation is 4. The van der Waals surface area contributed by atoms with Gasteiger partial charge < -0.3 is 31.1 Å². The topological polar surface area (TPSA) is 261 Å². The van der Waals surface area contributed by atoms with E-state index < -0.39 is 0 Å². The van der Waals surface area contributed by atoms with Crippen LogP contribution in [0, 0.1) is 11.8 Å². The number of unbranched alkanes of at least 4 members (excludes halogenated alkanes) is 4. The highest BCUT2D eigenvalue weighted by Gasteiger charge is 2.33. The molecule has 0 saturated heterocycles. The number of nitrogens with zero attached hydrogens (tertiary/aromatic N) is 9. The maximum Gasteiger partial charge on any atom is 0.237 e. The van der Waals surface area contributed by atoms with Crippen LogP contribution in [0.3, 0.4) is 0 Å². The number of amides is 4. The Bertz CT molecular complexity index is 4920. The van der Waals surface area contributed by atoms with Crippen LogP contribution in [0.2, 0.25) is 0 Å². The van der Waals surface area contributed by atoms with Gasteiger partial charge >= 0.3 is 0 Å². The summed E-state index contributed by atoms with van der Waals surface area (Å²) in [5.41, 5.74) is 13.8. The van der Waals surface area contributed by atoms with Gasteiger partial charge in [-0.3, -0.25) is 75.3 Å². The second-order valence-corrected chi connectivity index (χ2v) is 36.1. The number of pyridine rings is 7. The fraction of sp³-hybridized carbons (Fsp3) is 0.495. The summed E-state index contributed by atoms with van der Waals surface area (Å²) in [4.78, 5) is 89.3. The van der Waals surface area contributed by atoms with Crippen molar-refractivity contribution in [3.8, 4) is 0 Å². The minimum Gasteiger partial charge on any atom is -0.351 e. The van der Waals surface area contributed by atoms with E-state index in [1.165, 1.54) is 33.0 Å². The molecule has 0 saturated carbocycles. The summed E-state index contributed by atoms with van der Waals surface area (Å²) in [5.74, 6) is 1.50. The van der Waals surface area contributed by atoms with Gasteiger partial charge in [0, 0.05) is 86.4 Å². The maximum absolute atomic E-state index is 13.9. The Hall–Kier alpha value is -10.1. The Labute approximate surface area is 751 Å². The smallest absolute Gasteiger partial charge is 0.237 e. The monoisotopic (exact) mass is 1710 g/mol. The second-order valence-electron chi connectivity index (χ2n) is 36.1. The summed E-state index contributed by atoms with van der Waals surface area (Å²) < 4.78 is 0. The molecule has 8 N–H and O–H groups in total. The van der Waals surface area contributed by atoms with Gasteiger partial charge in [-0.1, -0.05) is 183 Å². The van der Waals surface area contributed by atoms with Crippen LogP contribution in [0.4, 0.5) is 0 Å². The average molecular weight is 1710 g/mol. The van der Waals surface area contributed by atoms with Crippen LogP contribution in [-0.4, -0.2) is 133 Å². The number of aromatic nitrogens is 7. The molecule has 0 radical (unpaired) electrons. The highest BCUT2D eigenvalue weighted by Crippen LogP contribution is 2.35. The van der Waals surface area contributed by atoms with E-state index in [4.69, 9.17) is 4.98 Å². The zero-order valence-electron chi connectivity index (χ0n) is 76.9. The predicted molar refractivity (Wildman–Crippen MR) is 510 cm³/mol. The van der Waals surface area contributed by atoms with E-state index in [2.05, 4.69) is 231 Å². The van der Waals surface area contributed by atoms with E-state index in [0.29, 0.717) is 24.9 Å². The first-order chi connectivity index (χ1) is 61.4. The predicted octanol–water partition coefficient (Wildman–Crippen LogP) is 18.4. The lowest BCUT2D eigenvalue weighted by Gasteiger charge is -2.31. The molecule has 10 aromatic rings. The van der Waals surface area contributed by atoms with Crippen LogP contribution in [0.1, 0.15) is 287 Å². The fourth-order valence-corrected chi connectivity index (χ4v) is 18.4. The lowest BCUT2D eigenvalue weighted by Crippen LogP contribution is -2.47. The van der Waals surface area contributed by atoms with Crippen molar-refractivity contribution in [2.75, 3.05) is 40.3 Å². The molecule has 126 heavy (non-hydrogen) atoms. The zero-order chi connectivity index (χ0) is 88.8. The highest BCUT2D eigenvalue weighted by atomic mass is 16.2. The van der Waals surface area contributed by atoms with Crippen molar-refractivity contribution in [2.45, 2.75) is 283 Å². The Morgan fingerprint density at radius 1 is 0.381 bits per heavy atom. The minimum absolute atomic E-state index is 0.0347. The van der Waals surface area contributed by atoms with Crippen molar-refractivity contribution < 1.29 is 19.2 Å². The first kappa shape index (κ1) is 96.5. The standard InChI is InChI=1S/C33H47N5O.C28H35N3O.C22H31N5O.C22H30N4O/c1-23(2)21-38(22-24(3)4)18-10-16-31(37-30-15-8-12-26-13-9-17-35-32(26)30)33(39)36-25(5)29-20-34-19-27-11-6-7-14-28(27)29;1-3-4-5-17-26(31-25-18-9-13-22-14-10-19-29-27(22)25)28(32)30-20(2)23-16-8-12-21-11-6-7-15-24(21)23;1-27(2)15-7-12-20(22(28)25-16-18-10-3-4-13-23-18)26-19-11-5-8-17-9-6-14-24-21(17)19;1-2-3-4-11-20(22(27)25-16-17-8-6-13-23-15-17)26-19-12-5-9-18-10-7-14-24-21(18)19/h6-7,9,11,13-14,17,19-20,23-25,30-31,37H,8,10,12,15-16,18,21-22H2,1-5H3,(H,36,39);6-8,10-12,14-16,19-20,25-26,31H,3-5,9,13,17-18H2,1-2H3,(H,30,32);3-4,6,9-10,13-14,19-20,26H,5,7-8,11-12,15-16H2,1-2H3,(H,25,28);6-8,10,13-15,19-20,26H,2-5,9,11-12,16H2,1H3,(H,25,27). The SMILES string of the molecule is CC(C)CN(CCCC(NC1CCCc2cccnc21)C(=O)NC(C)c1cncc2ccccc12)CC(C)C.CCCCCC(NC1CCCc2cccnc21)C(=O)NC(C)c1cccc2ccccc12.CCCCCC(NC1CCCc2cccnc21)C(=O)NCc1cccnc1.CN(C)CCCC(NC1CCCc2cccnc21)C(=O)NCc1ccccn1. The molecule has 0 bridgehead atoms. The molecule has 10 unspecified atom stereocenters. The third kappa shape index (κ3) is 30.0. The number of rotatable bonds is 40. The van der Waals surface area contributed by atoms with Crippen molar-refractivity contribution in [2.24, 2.45) is 11.8 Å². The van der Waals surface area contributed by atoms with Gasteiger partial charge in [-0.15, -0.1) is 0 Å². The Kier molecular flexibility index (Phi) is 39.5. The number of nitrogens with one attached hydrogen (secondary N) is 8. The number of carbonyl (C=O) groups is 4. The Morgan fingerprint density at radius 2 is 0.794 bits per heavy atom. The third-order valence-corrected chi connectivity index (χ3v) is 24.7. The van der Waals surface area contributed by atoms with Crippen LogP contribution >= 0.6 is 0 Å². The number of benzene rings is 3. The van der Waals surface area contributed by atoms with E-state index >= 15 is 0 Å². The van der Waals surface area contributed by atoms with E-state index in [1.54, 1.807) is 18.6 Å². The molecule has 14 rings (SSSR count). The van der Waals surface area contributed by atoms with Gasteiger partial charge in [0.05, 0.1) is 95.4 Å². The lowest BCUT2D eigenvalue weighted by molar-refractivity contribution is -0.125. The van der Waals surface area contributed by atoms with Crippen LogP contribution in [0.5, 0.6) is 0 Å². The molecule has 7 heterocycles. The van der Waals surface area contributed by atoms with Crippen molar-refractivity contribution in [3.05, 3.63) is 269 Å². The molecule has 0 fully saturated rings. The summed E-state index contributed by atoms with van der Waals surface area (Å²) in [7, 11) is 4.12. The first-order valence-electron chi connectivity index (χ1n) is 47.3. The van der Waals surface area contributed by atoms with Gasteiger partial charge in [-0.25, -0.2) is 0 Å². The fourth-order valence-electron chi connectivity index (χ4n) is 18.4. The van der Waals surface area contributed by atoms with Crippen LogP contribution in [0.15, 0.2) is 201 Å². The largest absolute Gasteiger partial charge is 0.351 e. The number of hydrogen-bond acceptors (Lipinski definition) is 17. The number of fused-ring (bicyclic) bond motifs is 6. The summed E-state index contributed by atoms with van der Waals surface area (Å²) in [6.07, 6.45) is 41.3. The summed E-state index contributed by atoms with van der Waals surface area (Å²) in [6.45, 7) is 22.8. The molecule has 21 nitrogen and oxygen atoms in total. The third-order valence-electron chi connectivity index (χ3n) is 24.7. The molecule has 21 heteroatoms. The van der Waals surface area contributed by atoms with Gasteiger partial charge in [-0.2, -0.15) is 0 Å². The molecule has 10 atom stereocenters. The van der Waals surface area contributed by atoms with Gasteiger partial charge in [-0.05, 0) is 260 Å². The van der Waals surface area contributed by atoms with Crippen LogP contribution in [0.25, 0.3) is 21.5 Å². The first-order valence-corrected chi connectivity index (χ1v) is 47.3. The summed E-state index contributed by atoms with van der Waals surface area (Å²) in [6, 6.07) is 48.6. The normalized spacial score (nSPS) is 17.2. The Balaban J connectivity index is 0.000000165. The van der Waals surface area contributed by atoms with Gasteiger partial charge in [0.1, 0.15) is 0 Å². The van der Waals surface area contributed by atoms with Crippen LogP contribution in [-0.2, 0) is 58.0 Å². The molecule has 0 spiro atoms. The van der Waals surface area contributed by atoms with Crippen molar-refractivity contribution >= 4 is 45.2 Å². The average Bonchev–Trinajstić information content (AvgIpc) is 0.819. The molecule has 672 valence electrons. The van der Waals surface area contributed by atoms with E-state index in [0.717, 1.165) is 236 Å².